The monoisotopic (exact) mass is 306 g/mol. The normalized spacial score (nSPS) is 14.0. The number of halogens is 3. The summed E-state index contributed by atoms with van der Waals surface area (Å²) < 4.78 is 40.7. The Morgan fingerprint density at radius 1 is 1.09 bits per heavy atom. The number of fused-ring (bicyclic) bond motifs is 1. The predicted octanol–water partition coefficient (Wildman–Crippen LogP) is 2.13. The maximum absolute atomic E-state index is 12.3. The smallest absolute Gasteiger partial charge is 0.427 e. The molecule has 0 saturated carbocycles. The molecule has 0 saturated heterocycles. The molecule has 0 bridgehead atoms. The molecule has 0 unspecified atom stereocenters. The molecule has 0 radical (unpaired) electrons. The van der Waals surface area contributed by atoms with Crippen LogP contribution in [0, 0.1) is 0 Å². The van der Waals surface area contributed by atoms with Crippen molar-refractivity contribution in [3.63, 3.8) is 0 Å². The molecule has 1 N–H and O–H groups in total. The van der Waals surface area contributed by atoms with Crippen molar-refractivity contribution in [1.82, 2.24) is 0 Å². The summed E-state index contributed by atoms with van der Waals surface area (Å²) in [5, 5.41) is 14.4. The van der Waals surface area contributed by atoms with E-state index in [1.54, 1.807) is 24.4 Å². The molecular formula is C14H10BF3N2O2. The summed E-state index contributed by atoms with van der Waals surface area (Å²) >= 11 is 0. The van der Waals surface area contributed by atoms with E-state index in [4.69, 9.17) is 0 Å². The first-order valence-corrected chi connectivity index (χ1v) is 6.40. The Morgan fingerprint density at radius 2 is 1.86 bits per heavy atom. The van der Waals surface area contributed by atoms with Gasteiger partial charge in [0, 0.05) is 6.07 Å². The van der Waals surface area contributed by atoms with Gasteiger partial charge in [0.05, 0.1) is 11.9 Å². The molecule has 22 heavy (non-hydrogen) atoms. The standard InChI is InChI=1S/C14H10BF3N2O2/c16-14(17,18)22-12-6-3-5-11(8-12)20-15(21)13-7-2-1-4-10(13)9-19-20/h1-9,21H. The zero-order valence-electron chi connectivity index (χ0n) is 11.2. The Bertz CT molecular complexity index is 721. The van der Waals surface area contributed by atoms with Crippen molar-refractivity contribution in [2.75, 3.05) is 4.92 Å². The first kappa shape index (κ1) is 14.5. The lowest BCUT2D eigenvalue weighted by molar-refractivity contribution is -0.274. The molecule has 4 nitrogen and oxygen atoms in total. The van der Waals surface area contributed by atoms with Crippen molar-refractivity contribution in [1.29, 1.82) is 0 Å². The second-order valence-electron chi connectivity index (χ2n) is 4.64. The molecule has 8 heteroatoms. The minimum absolute atomic E-state index is 0.292. The van der Waals surface area contributed by atoms with Crippen LogP contribution in [0.3, 0.4) is 0 Å². The Balaban J connectivity index is 1.91. The highest BCUT2D eigenvalue weighted by molar-refractivity contribution is 6.71. The maximum atomic E-state index is 12.3. The fourth-order valence-corrected chi connectivity index (χ4v) is 2.21. The van der Waals surface area contributed by atoms with Crippen LogP contribution >= 0.6 is 0 Å². The predicted molar refractivity (Wildman–Crippen MR) is 77.2 cm³/mol. The summed E-state index contributed by atoms with van der Waals surface area (Å²) in [7, 11) is -1.08. The Morgan fingerprint density at radius 3 is 2.64 bits per heavy atom. The summed E-state index contributed by atoms with van der Waals surface area (Å²) in [6.07, 6.45) is -3.23. The first-order chi connectivity index (χ1) is 10.4. The number of alkyl halides is 3. The van der Waals surface area contributed by atoms with Gasteiger partial charge in [-0.15, -0.1) is 13.2 Å². The second kappa shape index (κ2) is 5.38. The van der Waals surface area contributed by atoms with Crippen molar-refractivity contribution in [3.05, 3.63) is 54.1 Å². The summed E-state index contributed by atoms with van der Waals surface area (Å²) in [4.78, 5) is 1.23. The molecule has 0 fully saturated rings. The summed E-state index contributed by atoms with van der Waals surface area (Å²) in [6, 6.07) is 12.4. The van der Waals surface area contributed by atoms with E-state index in [1.165, 1.54) is 29.2 Å². The number of hydrogen-bond donors (Lipinski definition) is 1. The van der Waals surface area contributed by atoms with Gasteiger partial charge in [-0.05, 0) is 23.2 Å². The van der Waals surface area contributed by atoms with Gasteiger partial charge < -0.3 is 9.76 Å². The molecule has 1 aliphatic heterocycles. The van der Waals surface area contributed by atoms with Gasteiger partial charge in [0.2, 0.25) is 0 Å². The molecule has 0 amide bonds. The fraction of sp³-hybridized carbons (Fsp3) is 0.0714. The van der Waals surface area contributed by atoms with Crippen LogP contribution in [0.4, 0.5) is 18.9 Å². The molecule has 2 aromatic rings. The van der Waals surface area contributed by atoms with Crippen LogP contribution in [0.15, 0.2) is 53.6 Å². The molecule has 0 aliphatic carbocycles. The van der Waals surface area contributed by atoms with Gasteiger partial charge in [0.15, 0.2) is 0 Å². The summed E-state index contributed by atoms with van der Waals surface area (Å²) in [5.41, 5.74) is 1.67. The number of hydrazone groups is 1. The quantitative estimate of drug-likeness (QED) is 0.865. The second-order valence-corrected chi connectivity index (χ2v) is 4.64. The Labute approximate surface area is 124 Å². The van der Waals surface area contributed by atoms with Crippen LogP contribution in [0.5, 0.6) is 5.75 Å². The molecule has 2 aromatic carbocycles. The third kappa shape index (κ3) is 2.91. The topological polar surface area (TPSA) is 45.1 Å². The molecule has 3 rings (SSSR count). The maximum Gasteiger partial charge on any atom is 0.573 e. The molecule has 0 spiro atoms. The van der Waals surface area contributed by atoms with Crippen LogP contribution in [-0.4, -0.2) is 24.7 Å². The molecule has 1 aliphatic rings. The largest absolute Gasteiger partial charge is 0.573 e. The molecule has 0 aromatic heterocycles. The SMILES string of the molecule is OB1c2ccccc2C=NN1c1cccc(OC(F)(F)F)c1. The van der Waals surface area contributed by atoms with Crippen molar-refractivity contribution in [3.8, 4) is 5.75 Å². The van der Waals surface area contributed by atoms with E-state index in [0.29, 0.717) is 11.2 Å². The van der Waals surface area contributed by atoms with Crippen LogP contribution in [0.2, 0.25) is 0 Å². The lowest BCUT2D eigenvalue weighted by atomic mass is 9.69. The number of ether oxygens (including phenoxy) is 1. The van der Waals surface area contributed by atoms with Gasteiger partial charge in [-0.3, -0.25) is 4.92 Å². The van der Waals surface area contributed by atoms with E-state index in [0.717, 1.165) is 5.56 Å². The van der Waals surface area contributed by atoms with E-state index in [2.05, 4.69) is 9.84 Å². The van der Waals surface area contributed by atoms with Crippen LogP contribution in [-0.2, 0) is 0 Å². The van der Waals surface area contributed by atoms with E-state index in [-0.39, 0.29) is 5.75 Å². The van der Waals surface area contributed by atoms with Gasteiger partial charge in [-0.25, -0.2) is 0 Å². The number of hydrogen-bond acceptors (Lipinski definition) is 4. The third-order valence-corrected chi connectivity index (χ3v) is 3.14. The van der Waals surface area contributed by atoms with E-state index in [9.17, 15) is 18.2 Å². The lowest BCUT2D eigenvalue weighted by Gasteiger charge is -2.26. The lowest BCUT2D eigenvalue weighted by Crippen LogP contribution is -2.50. The van der Waals surface area contributed by atoms with Crippen molar-refractivity contribution < 1.29 is 22.9 Å². The van der Waals surface area contributed by atoms with E-state index >= 15 is 0 Å². The van der Waals surface area contributed by atoms with Gasteiger partial charge in [-0.2, -0.15) is 5.10 Å². The minimum Gasteiger partial charge on any atom is -0.427 e. The molecular weight excluding hydrogens is 296 g/mol. The van der Waals surface area contributed by atoms with Crippen LogP contribution in [0.25, 0.3) is 0 Å². The highest BCUT2D eigenvalue weighted by atomic mass is 19.4. The minimum atomic E-state index is -4.77. The number of anilines is 1. The molecule has 1 heterocycles. The van der Waals surface area contributed by atoms with E-state index < -0.39 is 13.4 Å². The summed E-state index contributed by atoms with van der Waals surface area (Å²) in [5.74, 6) is -0.369. The number of nitrogens with zero attached hydrogens (tertiary/aromatic N) is 2. The average Bonchev–Trinajstić information content (AvgIpc) is 2.46. The highest BCUT2D eigenvalue weighted by Gasteiger charge is 2.33. The zero-order valence-corrected chi connectivity index (χ0v) is 11.2. The Hall–Kier alpha value is -2.48. The summed E-state index contributed by atoms with van der Waals surface area (Å²) in [6.45, 7) is 0. The van der Waals surface area contributed by atoms with Crippen LogP contribution in [0.1, 0.15) is 5.56 Å². The average molecular weight is 306 g/mol. The highest BCUT2D eigenvalue weighted by Crippen LogP contribution is 2.27. The fourth-order valence-electron chi connectivity index (χ4n) is 2.21. The van der Waals surface area contributed by atoms with Gasteiger partial charge in [0.1, 0.15) is 5.75 Å². The van der Waals surface area contributed by atoms with Gasteiger partial charge in [-0.1, -0.05) is 30.3 Å². The van der Waals surface area contributed by atoms with Gasteiger partial charge in [0.25, 0.3) is 0 Å². The molecule has 0 atom stereocenters. The zero-order chi connectivity index (χ0) is 15.7. The van der Waals surface area contributed by atoms with Crippen molar-refractivity contribution >= 4 is 24.4 Å². The van der Waals surface area contributed by atoms with Crippen molar-refractivity contribution in [2.45, 2.75) is 6.36 Å². The van der Waals surface area contributed by atoms with E-state index in [1.807, 2.05) is 6.07 Å². The molecule has 112 valence electrons. The third-order valence-electron chi connectivity index (χ3n) is 3.14. The Kier molecular flexibility index (Phi) is 3.54. The first-order valence-electron chi connectivity index (χ1n) is 6.40. The van der Waals surface area contributed by atoms with Gasteiger partial charge >= 0.3 is 13.4 Å². The number of rotatable bonds is 2. The number of benzene rings is 2. The van der Waals surface area contributed by atoms with Crippen LogP contribution < -0.4 is 15.1 Å². The van der Waals surface area contributed by atoms with Crippen molar-refractivity contribution in [2.24, 2.45) is 5.10 Å².